The molecule has 1 aromatic carbocycles. The van der Waals surface area contributed by atoms with E-state index in [1.807, 2.05) is 45.6 Å². The maximum atomic E-state index is 13.0. The summed E-state index contributed by atoms with van der Waals surface area (Å²) >= 11 is 0. The molecular formula is C24H38N2O4. The molecule has 2 aliphatic rings. The Morgan fingerprint density at radius 3 is 2.60 bits per heavy atom. The van der Waals surface area contributed by atoms with Gasteiger partial charge in [0.1, 0.15) is 11.3 Å². The van der Waals surface area contributed by atoms with Gasteiger partial charge in [0.15, 0.2) is 0 Å². The molecule has 0 aromatic heterocycles. The molecule has 0 saturated carbocycles. The molecule has 2 aliphatic heterocycles. The topological polar surface area (TPSA) is 60.0 Å². The number of amides is 1. The lowest BCUT2D eigenvalue weighted by Gasteiger charge is -2.33. The Morgan fingerprint density at radius 2 is 1.97 bits per heavy atom. The molecule has 1 N–H and O–H groups in total. The van der Waals surface area contributed by atoms with Gasteiger partial charge in [-0.05, 0) is 59.4 Å². The highest BCUT2D eigenvalue weighted by molar-refractivity contribution is 5.69. The quantitative estimate of drug-likeness (QED) is 0.753. The molecule has 6 nitrogen and oxygen atoms in total. The number of hydrogen-bond acceptors (Lipinski definition) is 5. The fourth-order valence-electron chi connectivity index (χ4n) is 4.44. The monoisotopic (exact) mass is 418 g/mol. The van der Waals surface area contributed by atoms with E-state index in [-0.39, 0.29) is 30.4 Å². The summed E-state index contributed by atoms with van der Waals surface area (Å²) in [5.74, 6) is 0. The van der Waals surface area contributed by atoms with Crippen LogP contribution >= 0.6 is 0 Å². The molecule has 2 fully saturated rings. The Kier molecular flexibility index (Phi) is 7.10. The number of ether oxygens (including phenoxy) is 3. The van der Waals surface area contributed by atoms with Crippen molar-refractivity contribution in [2.45, 2.75) is 96.4 Å². The Morgan fingerprint density at radius 1 is 1.27 bits per heavy atom. The van der Waals surface area contributed by atoms with Crippen LogP contribution in [-0.4, -0.2) is 59.8 Å². The van der Waals surface area contributed by atoms with E-state index in [1.165, 1.54) is 5.56 Å². The van der Waals surface area contributed by atoms with Gasteiger partial charge in [-0.25, -0.2) is 4.79 Å². The van der Waals surface area contributed by atoms with Crippen LogP contribution in [0.1, 0.15) is 59.9 Å². The summed E-state index contributed by atoms with van der Waals surface area (Å²) in [6.07, 6.45) is 2.14. The lowest BCUT2D eigenvalue weighted by molar-refractivity contribution is -0.0584. The van der Waals surface area contributed by atoms with Gasteiger partial charge in [-0.3, -0.25) is 10.2 Å². The predicted molar refractivity (Wildman–Crippen MR) is 117 cm³/mol. The van der Waals surface area contributed by atoms with Crippen molar-refractivity contribution in [3.63, 3.8) is 0 Å². The third-order valence-corrected chi connectivity index (χ3v) is 5.53. The first-order chi connectivity index (χ1) is 14.1. The minimum atomic E-state index is -0.540. The van der Waals surface area contributed by atoms with Crippen molar-refractivity contribution in [1.82, 2.24) is 10.2 Å². The van der Waals surface area contributed by atoms with Crippen molar-refractivity contribution in [3.05, 3.63) is 35.9 Å². The highest BCUT2D eigenvalue weighted by atomic mass is 16.6. The first-order valence-corrected chi connectivity index (χ1v) is 11.2. The minimum absolute atomic E-state index is 0.00663. The van der Waals surface area contributed by atoms with E-state index >= 15 is 0 Å². The summed E-state index contributed by atoms with van der Waals surface area (Å²) in [7, 11) is 0. The van der Waals surface area contributed by atoms with Crippen LogP contribution in [0.3, 0.4) is 0 Å². The van der Waals surface area contributed by atoms with Gasteiger partial charge in [0.2, 0.25) is 0 Å². The van der Waals surface area contributed by atoms with Crippen molar-refractivity contribution in [2.24, 2.45) is 0 Å². The first kappa shape index (κ1) is 23.0. The summed E-state index contributed by atoms with van der Waals surface area (Å²) in [6.45, 7) is 13.1. The Labute approximate surface area is 181 Å². The molecule has 0 aliphatic carbocycles. The number of rotatable bonds is 6. The fraction of sp³-hybridized carbons (Fsp3) is 0.708. The van der Waals surface area contributed by atoms with Crippen LogP contribution in [0, 0.1) is 0 Å². The molecule has 2 heterocycles. The number of hydrogen-bond donors (Lipinski definition) is 1. The fourth-order valence-corrected chi connectivity index (χ4v) is 4.44. The van der Waals surface area contributed by atoms with E-state index in [0.29, 0.717) is 13.2 Å². The average Bonchev–Trinajstić information content (AvgIpc) is 3.20. The van der Waals surface area contributed by atoms with Gasteiger partial charge in [-0.2, -0.15) is 0 Å². The van der Waals surface area contributed by atoms with Gasteiger partial charge in [-0.1, -0.05) is 37.3 Å². The molecule has 2 saturated heterocycles. The standard InChI is InChI=1S/C24H38N2O4/c1-7-13-28-18-15-20(26(16-18)22(27)30-23(2,3)4)21-19(25-24(5,6)29-21)14-17-11-9-8-10-12-17/h8-12,18-21,25H,7,13-16H2,1-6H3/t18?,19-,20?,21-/m0/s1. The zero-order valence-corrected chi connectivity index (χ0v) is 19.3. The van der Waals surface area contributed by atoms with E-state index in [0.717, 1.165) is 19.3 Å². The number of nitrogens with zero attached hydrogens (tertiary/aromatic N) is 1. The number of likely N-dealkylation sites (tertiary alicyclic amines) is 1. The minimum Gasteiger partial charge on any atom is -0.444 e. The zero-order chi connectivity index (χ0) is 21.9. The van der Waals surface area contributed by atoms with Crippen molar-refractivity contribution < 1.29 is 19.0 Å². The molecule has 4 atom stereocenters. The smallest absolute Gasteiger partial charge is 0.410 e. The van der Waals surface area contributed by atoms with Crippen LogP contribution in [0.5, 0.6) is 0 Å². The highest BCUT2D eigenvalue weighted by Crippen LogP contribution is 2.34. The summed E-state index contributed by atoms with van der Waals surface area (Å²) < 4.78 is 18.2. The number of benzene rings is 1. The van der Waals surface area contributed by atoms with E-state index in [4.69, 9.17) is 14.2 Å². The summed E-state index contributed by atoms with van der Waals surface area (Å²) in [4.78, 5) is 14.9. The second kappa shape index (κ2) is 9.25. The van der Waals surface area contributed by atoms with E-state index in [2.05, 4.69) is 36.5 Å². The van der Waals surface area contributed by atoms with Gasteiger partial charge >= 0.3 is 6.09 Å². The molecule has 0 bridgehead atoms. The molecule has 1 aromatic rings. The van der Waals surface area contributed by atoms with Gasteiger partial charge < -0.3 is 14.2 Å². The third-order valence-electron chi connectivity index (χ3n) is 5.53. The molecule has 0 spiro atoms. The number of carbonyl (C=O) groups excluding carboxylic acids is 1. The molecule has 3 rings (SSSR count). The van der Waals surface area contributed by atoms with Crippen LogP contribution in [0.2, 0.25) is 0 Å². The largest absolute Gasteiger partial charge is 0.444 e. The molecule has 30 heavy (non-hydrogen) atoms. The molecule has 1 amide bonds. The lowest BCUT2D eigenvalue weighted by Crippen LogP contribution is -2.50. The second-order valence-corrected chi connectivity index (χ2v) is 9.96. The predicted octanol–water partition coefficient (Wildman–Crippen LogP) is 4.13. The zero-order valence-electron chi connectivity index (χ0n) is 19.3. The number of carbonyl (C=O) groups is 1. The normalized spacial score (nSPS) is 28.7. The van der Waals surface area contributed by atoms with Crippen molar-refractivity contribution in [2.75, 3.05) is 13.2 Å². The van der Waals surface area contributed by atoms with Gasteiger partial charge in [0, 0.05) is 12.6 Å². The molecule has 168 valence electrons. The Bertz CT molecular complexity index is 701. The summed E-state index contributed by atoms with van der Waals surface area (Å²) in [5, 5.41) is 3.63. The van der Waals surface area contributed by atoms with Gasteiger partial charge in [-0.15, -0.1) is 0 Å². The summed E-state index contributed by atoms with van der Waals surface area (Å²) in [5.41, 5.74) is 0.259. The van der Waals surface area contributed by atoms with Crippen LogP contribution in [0.15, 0.2) is 30.3 Å². The maximum absolute atomic E-state index is 13.0. The molecule has 6 heteroatoms. The molecule has 2 unspecified atom stereocenters. The van der Waals surface area contributed by atoms with Crippen molar-refractivity contribution in [1.29, 1.82) is 0 Å². The van der Waals surface area contributed by atoms with E-state index in [1.54, 1.807) is 0 Å². The van der Waals surface area contributed by atoms with Crippen LogP contribution < -0.4 is 5.32 Å². The molecular weight excluding hydrogens is 380 g/mol. The SMILES string of the molecule is CCCOC1CC([C@H]2OC(C)(C)N[C@H]2Cc2ccccc2)N(C(=O)OC(C)(C)C)C1. The average molecular weight is 419 g/mol. The Balaban J connectivity index is 1.81. The third kappa shape index (κ3) is 5.96. The van der Waals surface area contributed by atoms with Crippen molar-refractivity contribution >= 4 is 6.09 Å². The first-order valence-electron chi connectivity index (χ1n) is 11.2. The van der Waals surface area contributed by atoms with Crippen LogP contribution in [-0.2, 0) is 20.6 Å². The van der Waals surface area contributed by atoms with E-state index < -0.39 is 11.3 Å². The second-order valence-electron chi connectivity index (χ2n) is 9.96. The van der Waals surface area contributed by atoms with Crippen LogP contribution in [0.4, 0.5) is 4.79 Å². The summed E-state index contributed by atoms with van der Waals surface area (Å²) in [6, 6.07) is 10.4. The van der Waals surface area contributed by atoms with E-state index in [9.17, 15) is 4.79 Å². The van der Waals surface area contributed by atoms with Gasteiger partial charge in [0.25, 0.3) is 0 Å². The highest BCUT2D eigenvalue weighted by Gasteiger charge is 2.50. The van der Waals surface area contributed by atoms with Crippen molar-refractivity contribution in [3.8, 4) is 0 Å². The number of nitrogens with one attached hydrogen (secondary N) is 1. The van der Waals surface area contributed by atoms with Gasteiger partial charge in [0.05, 0.1) is 24.8 Å². The maximum Gasteiger partial charge on any atom is 0.410 e. The molecule has 0 radical (unpaired) electrons. The Hall–Kier alpha value is -1.63. The van der Waals surface area contributed by atoms with Crippen LogP contribution in [0.25, 0.3) is 0 Å². The lowest BCUT2D eigenvalue weighted by atomic mass is 9.95.